The summed E-state index contributed by atoms with van der Waals surface area (Å²) in [4.78, 5) is 46.3. The topological polar surface area (TPSA) is 149 Å². The highest BCUT2D eigenvalue weighted by atomic mass is 16.5. The average Bonchev–Trinajstić information content (AvgIpc) is 3.09. The Labute approximate surface area is 268 Å². The molecule has 2 aromatic carbocycles. The van der Waals surface area contributed by atoms with E-state index < -0.39 is 6.03 Å². The van der Waals surface area contributed by atoms with E-state index in [1.165, 1.54) is 0 Å². The first-order chi connectivity index (χ1) is 22.4. The number of likely N-dealkylation sites (tertiary alicyclic amines) is 1. The number of carbonyl (C=O) groups is 2. The summed E-state index contributed by atoms with van der Waals surface area (Å²) in [7, 11) is 0. The first kappa shape index (κ1) is 31.2. The average molecular weight is 626 g/mol. The lowest BCUT2D eigenvalue weighted by molar-refractivity contribution is 0.0707. The zero-order valence-corrected chi connectivity index (χ0v) is 26.2. The summed E-state index contributed by atoms with van der Waals surface area (Å²) >= 11 is 0. The first-order valence-corrected chi connectivity index (χ1v) is 15.8. The van der Waals surface area contributed by atoms with Gasteiger partial charge >= 0.3 is 6.03 Å². The highest BCUT2D eigenvalue weighted by Gasteiger charge is 2.27. The molecule has 1 aromatic heterocycles. The molecule has 4 heterocycles. The quantitative estimate of drug-likeness (QED) is 0.412. The molecule has 3 amide bonds. The number of ether oxygens (including phenoxy) is 2. The van der Waals surface area contributed by atoms with Gasteiger partial charge in [-0.2, -0.15) is 20.2 Å². The third kappa shape index (κ3) is 7.19. The number of aromatic nitrogens is 3. The Balaban J connectivity index is 1.11. The van der Waals surface area contributed by atoms with E-state index in [0.29, 0.717) is 100 Å². The van der Waals surface area contributed by atoms with Crippen LogP contribution in [0.4, 0.5) is 28.1 Å². The van der Waals surface area contributed by atoms with Crippen LogP contribution in [0.3, 0.4) is 0 Å². The van der Waals surface area contributed by atoms with E-state index >= 15 is 0 Å². The fourth-order valence-corrected chi connectivity index (χ4v) is 5.87. The van der Waals surface area contributed by atoms with Crippen LogP contribution in [0.2, 0.25) is 0 Å². The van der Waals surface area contributed by atoms with E-state index in [1.807, 2.05) is 24.3 Å². The van der Waals surface area contributed by atoms with E-state index in [4.69, 9.17) is 29.7 Å². The summed E-state index contributed by atoms with van der Waals surface area (Å²) in [6.45, 7) is 9.19. The van der Waals surface area contributed by atoms with Crippen LogP contribution in [0.25, 0.3) is 11.4 Å². The Morgan fingerprint density at radius 1 is 0.783 bits per heavy atom. The van der Waals surface area contributed by atoms with Gasteiger partial charge in [0.25, 0.3) is 5.91 Å². The Hall–Kier alpha value is -4.80. The maximum atomic E-state index is 12.8. The molecular formula is C33H39N9O4. The molecule has 0 radical (unpaired) electrons. The lowest BCUT2D eigenvalue weighted by atomic mass is 9.98. The predicted octanol–water partition coefficient (Wildman–Crippen LogP) is 4.01. The van der Waals surface area contributed by atoms with Gasteiger partial charge < -0.3 is 34.8 Å². The van der Waals surface area contributed by atoms with Crippen LogP contribution in [0.1, 0.15) is 37.0 Å². The molecule has 13 nitrogen and oxygen atoms in total. The highest BCUT2D eigenvalue weighted by molar-refractivity contribution is 6.00. The maximum Gasteiger partial charge on any atom is 0.323 e. The van der Waals surface area contributed by atoms with Crippen molar-refractivity contribution in [2.75, 3.05) is 73.0 Å². The summed E-state index contributed by atoms with van der Waals surface area (Å²) in [6, 6.07) is 16.3. The lowest BCUT2D eigenvalue weighted by Crippen LogP contribution is -2.46. The predicted molar refractivity (Wildman–Crippen MR) is 174 cm³/mol. The van der Waals surface area contributed by atoms with E-state index in [2.05, 4.69) is 40.4 Å². The number of urea groups is 1. The molecular weight excluding hydrogens is 586 g/mol. The minimum Gasteiger partial charge on any atom is -0.377 e. The molecule has 46 heavy (non-hydrogen) atoms. The van der Waals surface area contributed by atoms with Gasteiger partial charge in [0.2, 0.25) is 11.9 Å². The number of piperidine rings is 1. The van der Waals surface area contributed by atoms with Crippen LogP contribution in [-0.2, 0) is 9.47 Å². The van der Waals surface area contributed by atoms with Gasteiger partial charge in [0, 0.05) is 54.6 Å². The molecule has 3 fully saturated rings. The summed E-state index contributed by atoms with van der Waals surface area (Å²) in [5.41, 5.74) is 2.52. The molecule has 13 heteroatoms. The van der Waals surface area contributed by atoms with Crippen molar-refractivity contribution in [2.45, 2.75) is 38.8 Å². The van der Waals surface area contributed by atoms with Crippen LogP contribution in [0.15, 0.2) is 48.5 Å². The second-order valence-electron chi connectivity index (χ2n) is 11.9. The van der Waals surface area contributed by atoms with Crippen LogP contribution in [0.5, 0.6) is 0 Å². The number of nitrogens with zero attached hydrogens (tertiary/aromatic N) is 7. The Morgan fingerprint density at radius 3 is 1.80 bits per heavy atom. The van der Waals surface area contributed by atoms with Crippen molar-refractivity contribution in [3.05, 3.63) is 54.1 Å². The standard InChI is InChI=1S/C33H39N9O4/c1-22-20-45-17-15-41(22)31-37-29(38-32(39-31)42-16-18-46-21-23(42)2)25-3-7-27(8-4-25)35-33(44)36-28-9-5-26(6-10-28)30(43)40-13-11-24(19-34)12-14-40/h3-10,22-24H,11-18,20-21H2,1-2H3,(H2,35,36,44)/t22-,23-/m0/s1. The van der Waals surface area contributed by atoms with Gasteiger partial charge in [-0.15, -0.1) is 0 Å². The van der Waals surface area contributed by atoms with Crippen molar-refractivity contribution < 1.29 is 19.1 Å². The zero-order valence-electron chi connectivity index (χ0n) is 26.2. The molecule has 0 aliphatic carbocycles. The molecule has 6 rings (SSSR count). The van der Waals surface area contributed by atoms with Crippen LogP contribution in [0, 0.1) is 17.2 Å². The molecule has 240 valence electrons. The fourth-order valence-electron chi connectivity index (χ4n) is 5.87. The van der Waals surface area contributed by atoms with Gasteiger partial charge in [0.05, 0.1) is 44.6 Å². The second-order valence-corrected chi connectivity index (χ2v) is 11.9. The van der Waals surface area contributed by atoms with Crippen molar-refractivity contribution in [1.29, 1.82) is 5.26 Å². The normalized spacial score (nSPS) is 20.6. The smallest absolute Gasteiger partial charge is 0.323 e. The molecule has 0 spiro atoms. The van der Waals surface area contributed by atoms with Crippen LogP contribution >= 0.6 is 0 Å². The van der Waals surface area contributed by atoms with Crippen molar-refractivity contribution in [3.8, 4) is 17.5 Å². The van der Waals surface area contributed by atoms with E-state index in [1.54, 1.807) is 29.2 Å². The van der Waals surface area contributed by atoms with Gasteiger partial charge in [-0.3, -0.25) is 4.79 Å². The molecule has 3 aliphatic heterocycles. The van der Waals surface area contributed by atoms with Crippen molar-refractivity contribution in [1.82, 2.24) is 19.9 Å². The zero-order chi connectivity index (χ0) is 32.0. The number of hydrogen-bond donors (Lipinski definition) is 2. The summed E-state index contributed by atoms with van der Waals surface area (Å²) in [5.74, 6) is 1.74. The molecule has 0 saturated carbocycles. The van der Waals surface area contributed by atoms with Crippen molar-refractivity contribution in [3.63, 3.8) is 0 Å². The number of carbonyl (C=O) groups excluding carboxylic acids is 2. The number of anilines is 4. The fraction of sp³-hybridized carbons (Fsp3) is 0.455. The van der Waals surface area contributed by atoms with Crippen molar-refractivity contribution in [2.24, 2.45) is 5.92 Å². The van der Waals surface area contributed by atoms with Crippen molar-refractivity contribution >= 4 is 35.2 Å². The summed E-state index contributed by atoms with van der Waals surface area (Å²) in [5, 5.41) is 14.8. The van der Waals surface area contributed by atoms with Crippen LogP contribution < -0.4 is 20.4 Å². The third-order valence-corrected chi connectivity index (χ3v) is 8.62. The number of hydrogen-bond acceptors (Lipinski definition) is 10. The molecule has 2 atom stereocenters. The Bertz CT molecular complexity index is 1530. The molecule has 3 saturated heterocycles. The van der Waals surface area contributed by atoms with E-state index in [9.17, 15) is 9.59 Å². The maximum absolute atomic E-state index is 12.8. The summed E-state index contributed by atoms with van der Waals surface area (Å²) < 4.78 is 11.3. The van der Waals surface area contributed by atoms with Gasteiger partial charge in [0.15, 0.2) is 5.82 Å². The molecule has 0 bridgehead atoms. The minimum absolute atomic E-state index is 0.0172. The lowest BCUT2D eigenvalue weighted by Gasteiger charge is -2.36. The van der Waals surface area contributed by atoms with E-state index in [0.717, 1.165) is 5.56 Å². The minimum atomic E-state index is -0.405. The number of nitrogens with one attached hydrogen (secondary N) is 2. The van der Waals surface area contributed by atoms with Gasteiger partial charge in [-0.1, -0.05) is 0 Å². The Morgan fingerprint density at radius 2 is 1.30 bits per heavy atom. The number of rotatable bonds is 6. The number of benzene rings is 2. The number of morpholine rings is 2. The van der Waals surface area contributed by atoms with Gasteiger partial charge in [0.1, 0.15) is 0 Å². The first-order valence-electron chi connectivity index (χ1n) is 15.8. The largest absolute Gasteiger partial charge is 0.377 e. The number of amides is 3. The summed E-state index contributed by atoms with van der Waals surface area (Å²) in [6.07, 6.45) is 1.39. The molecule has 0 unspecified atom stereocenters. The monoisotopic (exact) mass is 625 g/mol. The second kappa shape index (κ2) is 14.1. The SMILES string of the molecule is C[C@H]1COCCN1c1nc(-c2ccc(NC(=O)Nc3ccc(C(=O)N4CCC(C#N)CC4)cc3)cc2)nc(N2CCOC[C@@H]2C)n1. The molecule has 3 aliphatic rings. The van der Waals surface area contributed by atoms with E-state index in [-0.39, 0.29) is 23.9 Å². The number of nitriles is 1. The Kier molecular flexibility index (Phi) is 9.56. The molecule has 3 aromatic rings. The molecule has 2 N–H and O–H groups in total. The van der Waals surface area contributed by atoms with Gasteiger partial charge in [-0.05, 0) is 75.2 Å². The van der Waals surface area contributed by atoms with Crippen LogP contribution in [-0.4, -0.2) is 96.5 Å². The third-order valence-electron chi connectivity index (χ3n) is 8.62. The highest BCUT2D eigenvalue weighted by Crippen LogP contribution is 2.26. The van der Waals surface area contributed by atoms with Gasteiger partial charge in [-0.25, -0.2) is 4.79 Å².